The van der Waals surface area contributed by atoms with Gasteiger partial charge >= 0.3 is 6.18 Å². The number of rotatable bonds is 2. The fourth-order valence-corrected chi connectivity index (χ4v) is 3.86. The highest BCUT2D eigenvalue weighted by Gasteiger charge is 2.40. The summed E-state index contributed by atoms with van der Waals surface area (Å²) in [6.07, 6.45) is -3.24. The molecule has 0 amide bonds. The molecule has 3 heterocycles. The van der Waals surface area contributed by atoms with Gasteiger partial charge in [0.25, 0.3) is 0 Å². The molecule has 1 saturated heterocycles. The van der Waals surface area contributed by atoms with E-state index in [0.717, 1.165) is 17.7 Å². The molecule has 3 rings (SSSR count). The van der Waals surface area contributed by atoms with Gasteiger partial charge < -0.3 is 4.90 Å². The van der Waals surface area contributed by atoms with Gasteiger partial charge in [-0.25, -0.2) is 13.4 Å². The van der Waals surface area contributed by atoms with Crippen molar-refractivity contribution in [3.63, 3.8) is 0 Å². The molecule has 0 aliphatic carbocycles. The summed E-state index contributed by atoms with van der Waals surface area (Å²) in [6.45, 7) is 4.20. The summed E-state index contributed by atoms with van der Waals surface area (Å²) in [5, 5.41) is 0.894. The second kappa shape index (κ2) is 4.95. The van der Waals surface area contributed by atoms with Crippen LogP contribution in [0.5, 0.6) is 0 Å². The van der Waals surface area contributed by atoms with Crippen molar-refractivity contribution in [3.8, 4) is 0 Å². The van der Waals surface area contributed by atoms with Crippen LogP contribution in [0, 0.1) is 0 Å². The van der Waals surface area contributed by atoms with E-state index in [9.17, 15) is 21.6 Å². The molecule has 2 aliphatic heterocycles. The van der Waals surface area contributed by atoms with Crippen molar-refractivity contribution < 1.29 is 21.6 Å². The lowest BCUT2D eigenvalue weighted by Crippen LogP contribution is -2.53. The minimum Gasteiger partial charge on any atom is -0.350 e. The van der Waals surface area contributed by atoms with Crippen molar-refractivity contribution in [2.24, 2.45) is 0 Å². The van der Waals surface area contributed by atoms with Crippen LogP contribution in [-0.2, 0) is 22.6 Å². The van der Waals surface area contributed by atoms with E-state index in [4.69, 9.17) is 0 Å². The van der Waals surface area contributed by atoms with Gasteiger partial charge in [-0.3, -0.25) is 0 Å². The number of sulfonamides is 1. The Kier molecular flexibility index (Phi) is 3.44. The first-order valence-corrected chi connectivity index (χ1v) is 8.18. The van der Waals surface area contributed by atoms with E-state index in [2.05, 4.69) is 11.6 Å². The van der Waals surface area contributed by atoms with Gasteiger partial charge in [-0.15, -0.1) is 0 Å². The van der Waals surface area contributed by atoms with E-state index in [1.165, 1.54) is 4.31 Å². The summed E-state index contributed by atoms with van der Waals surface area (Å²) >= 11 is 0. The molecule has 1 aromatic rings. The van der Waals surface area contributed by atoms with Crippen LogP contribution >= 0.6 is 0 Å². The maximum absolute atomic E-state index is 12.7. The number of anilines is 1. The normalized spacial score (nSPS) is 22.3. The molecular weight excluding hydrogens is 319 g/mol. The highest BCUT2D eigenvalue weighted by atomic mass is 32.2. The van der Waals surface area contributed by atoms with Crippen molar-refractivity contribution in [3.05, 3.63) is 35.4 Å². The largest absolute Gasteiger partial charge is 0.417 e. The predicted octanol–water partition coefficient (Wildman–Crippen LogP) is 1.62. The van der Waals surface area contributed by atoms with Crippen LogP contribution in [0.1, 0.15) is 11.1 Å². The zero-order valence-corrected chi connectivity index (χ0v) is 12.4. The van der Waals surface area contributed by atoms with Gasteiger partial charge in [0.2, 0.25) is 10.0 Å². The summed E-state index contributed by atoms with van der Waals surface area (Å²) in [7, 11) is -3.51. The van der Waals surface area contributed by atoms with Gasteiger partial charge in [0.15, 0.2) is 0 Å². The van der Waals surface area contributed by atoms with Crippen LogP contribution in [0.2, 0.25) is 0 Å². The fraction of sp³-hybridized carbons (Fsp3) is 0.462. The van der Waals surface area contributed by atoms with Crippen LogP contribution in [0.25, 0.3) is 0 Å². The number of nitrogens with zero attached hydrogens (tertiary/aromatic N) is 3. The number of alkyl halides is 3. The number of piperazine rings is 1. The molecule has 0 radical (unpaired) electrons. The molecule has 22 heavy (non-hydrogen) atoms. The predicted molar refractivity (Wildman–Crippen MR) is 74.8 cm³/mol. The average molecular weight is 333 g/mol. The summed E-state index contributed by atoms with van der Waals surface area (Å²) in [6, 6.07) is 0.918. The second-order valence-corrected chi connectivity index (χ2v) is 7.21. The van der Waals surface area contributed by atoms with Gasteiger partial charge in [-0.2, -0.15) is 17.5 Å². The van der Waals surface area contributed by atoms with Crippen LogP contribution in [0.15, 0.2) is 24.3 Å². The van der Waals surface area contributed by atoms with Crippen LogP contribution in [0.4, 0.5) is 19.0 Å². The van der Waals surface area contributed by atoms with E-state index >= 15 is 0 Å². The summed E-state index contributed by atoms with van der Waals surface area (Å²) in [5.41, 5.74) is -0.264. The third kappa shape index (κ3) is 2.48. The summed E-state index contributed by atoms with van der Waals surface area (Å²) < 4.78 is 63.2. The second-order valence-electron chi connectivity index (χ2n) is 5.33. The lowest BCUT2D eigenvalue weighted by atomic mass is 10.1. The Balaban J connectivity index is 1.86. The van der Waals surface area contributed by atoms with Crippen molar-refractivity contribution in [1.82, 2.24) is 9.29 Å². The molecule has 0 aromatic carbocycles. The Morgan fingerprint density at radius 1 is 1.36 bits per heavy atom. The number of halogens is 3. The van der Waals surface area contributed by atoms with Crippen LogP contribution < -0.4 is 4.90 Å². The number of pyridine rings is 1. The maximum Gasteiger partial charge on any atom is 0.417 e. The topological polar surface area (TPSA) is 53.5 Å². The zero-order chi connectivity index (χ0) is 16.1. The molecule has 1 aromatic heterocycles. The number of aromatic nitrogens is 1. The molecular formula is C13H14F3N3O2S. The molecule has 1 unspecified atom stereocenters. The van der Waals surface area contributed by atoms with E-state index in [0.29, 0.717) is 24.3 Å². The molecule has 0 saturated carbocycles. The lowest BCUT2D eigenvalue weighted by Gasteiger charge is -2.37. The highest BCUT2D eigenvalue weighted by Crippen LogP contribution is 2.37. The molecule has 0 bridgehead atoms. The Hall–Kier alpha value is -1.61. The molecule has 2 aliphatic rings. The summed E-state index contributed by atoms with van der Waals surface area (Å²) in [5.74, 6) is 0.522. The highest BCUT2D eigenvalue weighted by molar-refractivity contribution is 7.92. The third-order valence-electron chi connectivity index (χ3n) is 4.01. The fourth-order valence-electron chi connectivity index (χ4n) is 2.94. The Labute approximate surface area is 126 Å². The monoisotopic (exact) mass is 333 g/mol. The first-order chi connectivity index (χ1) is 10.2. The smallest absolute Gasteiger partial charge is 0.350 e. The van der Waals surface area contributed by atoms with E-state index < -0.39 is 21.8 Å². The first kappa shape index (κ1) is 15.3. The third-order valence-corrected chi connectivity index (χ3v) is 5.49. The minimum atomic E-state index is -4.43. The molecule has 120 valence electrons. The minimum absolute atomic E-state index is 0.186. The Morgan fingerprint density at radius 2 is 2.09 bits per heavy atom. The van der Waals surface area contributed by atoms with Gasteiger partial charge in [0, 0.05) is 37.3 Å². The number of hydrogen-bond donors (Lipinski definition) is 0. The first-order valence-electron chi connectivity index (χ1n) is 6.68. The SMILES string of the molecule is C=CS(=O)(=O)N1CCN2c3ncc(C(F)(F)F)cc3CC2C1. The van der Waals surface area contributed by atoms with Crippen LogP contribution in [0.3, 0.4) is 0 Å². The van der Waals surface area contributed by atoms with Gasteiger partial charge in [-0.05, 0) is 18.1 Å². The number of hydrogen-bond acceptors (Lipinski definition) is 4. The van der Waals surface area contributed by atoms with Crippen molar-refractivity contribution >= 4 is 15.8 Å². The van der Waals surface area contributed by atoms with Gasteiger partial charge in [-0.1, -0.05) is 6.58 Å². The molecule has 1 fully saturated rings. The maximum atomic E-state index is 12.7. The Bertz CT molecular complexity index is 718. The van der Waals surface area contributed by atoms with E-state index in [1.54, 1.807) is 0 Å². The van der Waals surface area contributed by atoms with E-state index in [1.807, 2.05) is 4.90 Å². The average Bonchev–Trinajstić information content (AvgIpc) is 2.82. The molecule has 5 nitrogen and oxygen atoms in total. The molecule has 9 heteroatoms. The Morgan fingerprint density at radius 3 is 2.73 bits per heavy atom. The molecule has 1 atom stereocenters. The number of fused-ring (bicyclic) bond motifs is 3. The zero-order valence-electron chi connectivity index (χ0n) is 11.5. The van der Waals surface area contributed by atoms with Crippen molar-refractivity contribution in [2.75, 3.05) is 24.5 Å². The van der Waals surface area contributed by atoms with Gasteiger partial charge in [0.05, 0.1) is 5.56 Å². The molecule has 0 N–H and O–H groups in total. The van der Waals surface area contributed by atoms with E-state index in [-0.39, 0.29) is 19.1 Å². The lowest BCUT2D eigenvalue weighted by molar-refractivity contribution is -0.137. The summed E-state index contributed by atoms with van der Waals surface area (Å²) in [4.78, 5) is 5.81. The van der Waals surface area contributed by atoms with Crippen molar-refractivity contribution in [2.45, 2.75) is 18.6 Å². The van der Waals surface area contributed by atoms with Crippen LogP contribution in [-0.4, -0.2) is 43.4 Å². The standard InChI is InChI=1S/C13H14F3N3O2S/c1-2-22(20,21)18-3-4-19-11(8-18)6-9-5-10(13(14,15)16)7-17-12(9)19/h2,5,7,11H,1,3-4,6,8H2. The molecule has 0 spiro atoms. The quantitative estimate of drug-likeness (QED) is 0.825. The van der Waals surface area contributed by atoms with Crippen molar-refractivity contribution in [1.29, 1.82) is 0 Å². The van der Waals surface area contributed by atoms with Gasteiger partial charge in [0.1, 0.15) is 5.82 Å².